The van der Waals surface area contributed by atoms with E-state index in [-0.39, 0.29) is 11.4 Å². The van der Waals surface area contributed by atoms with Crippen LogP contribution < -0.4 is 5.32 Å². The molecule has 1 atom stereocenters. The van der Waals surface area contributed by atoms with Crippen molar-refractivity contribution in [3.8, 4) is 5.75 Å². The van der Waals surface area contributed by atoms with Crippen LogP contribution in [-0.4, -0.2) is 33.1 Å². The summed E-state index contributed by atoms with van der Waals surface area (Å²) in [6, 6.07) is 1.83. The standard InChI is InChI=1S/C11H14N2O4/c1-2-4-7(11(16)17)13-10(15)9-8(14)5-3-6-12-9/h3,5-7,14H,2,4H2,1H3,(H,13,15)(H,16,17)/t7-/m1/s1. The predicted octanol–water partition coefficient (Wildman–Crippen LogP) is 0.770. The molecule has 1 aromatic rings. The second-order valence-electron chi connectivity index (χ2n) is 3.52. The molecular formula is C11H14N2O4. The molecule has 1 rings (SSSR count). The average Bonchev–Trinajstić information content (AvgIpc) is 2.28. The lowest BCUT2D eigenvalue weighted by Crippen LogP contribution is -2.40. The Morgan fingerprint density at radius 3 is 2.76 bits per heavy atom. The molecule has 0 saturated heterocycles. The minimum atomic E-state index is -1.10. The zero-order chi connectivity index (χ0) is 12.8. The number of aliphatic carboxylic acids is 1. The van der Waals surface area contributed by atoms with Gasteiger partial charge in [0, 0.05) is 6.20 Å². The molecule has 17 heavy (non-hydrogen) atoms. The Labute approximate surface area is 98.3 Å². The van der Waals surface area contributed by atoms with Crippen LogP contribution >= 0.6 is 0 Å². The van der Waals surface area contributed by atoms with Crippen molar-refractivity contribution >= 4 is 11.9 Å². The van der Waals surface area contributed by atoms with Crippen LogP contribution in [0.4, 0.5) is 0 Å². The minimum absolute atomic E-state index is 0.171. The summed E-state index contributed by atoms with van der Waals surface area (Å²) in [7, 11) is 0. The Morgan fingerprint density at radius 1 is 1.53 bits per heavy atom. The number of rotatable bonds is 5. The topological polar surface area (TPSA) is 99.5 Å². The molecule has 0 aliphatic heterocycles. The van der Waals surface area contributed by atoms with Gasteiger partial charge in [0.25, 0.3) is 5.91 Å². The molecule has 0 unspecified atom stereocenters. The van der Waals surface area contributed by atoms with Gasteiger partial charge in [-0.1, -0.05) is 13.3 Å². The van der Waals surface area contributed by atoms with Crippen LogP contribution in [0.25, 0.3) is 0 Å². The van der Waals surface area contributed by atoms with Crippen LogP contribution in [0.3, 0.4) is 0 Å². The quantitative estimate of drug-likeness (QED) is 0.703. The largest absolute Gasteiger partial charge is 0.505 e. The smallest absolute Gasteiger partial charge is 0.326 e. The first kappa shape index (κ1) is 13.0. The van der Waals surface area contributed by atoms with Crippen LogP contribution in [-0.2, 0) is 4.79 Å². The van der Waals surface area contributed by atoms with E-state index in [9.17, 15) is 14.7 Å². The first-order chi connectivity index (χ1) is 8.06. The summed E-state index contributed by atoms with van der Waals surface area (Å²) in [5.41, 5.74) is -0.171. The number of aromatic nitrogens is 1. The summed E-state index contributed by atoms with van der Waals surface area (Å²) in [6.07, 6.45) is 2.31. The lowest BCUT2D eigenvalue weighted by atomic mass is 10.1. The van der Waals surface area contributed by atoms with Crippen LogP contribution in [0.15, 0.2) is 18.3 Å². The molecule has 1 heterocycles. The van der Waals surface area contributed by atoms with Gasteiger partial charge in [0.05, 0.1) is 0 Å². The maximum atomic E-state index is 11.7. The van der Waals surface area contributed by atoms with Crippen molar-refractivity contribution in [2.45, 2.75) is 25.8 Å². The number of hydrogen-bond acceptors (Lipinski definition) is 4. The highest BCUT2D eigenvalue weighted by molar-refractivity contribution is 5.96. The number of aromatic hydroxyl groups is 1. The van der Waals surface area contributed by atoms with Gasteiger partial charge in [-0.3, -0.25) is 4.79 Å². The fraction of sp³-hybridized carbons (Fsp3) is 0.364. The van der Waals surface area contributed by atoms with Crippen LogP contribution in [0.5, 0.6) is 5.75 Å². The van der Waals surface area contributed by atoms with Gasteiger partial charge in [-0.25, -0.2) is 9.78 Å². The normalized spacial score (nSPS) is 11.8. The summed E-state index contributed by atoms with van der Waals surface area (Å²) in [6.45, 7) is 1.82. The van der Waals surface area contributed by atoms with E-state index < -0.39 is 17.9 Å². The fourth-order valence-corrected chi connectivity index (χ4v) is 1.34. The zero-order valence-corrected chi connectivity index (χ0v) is 9.38. The molecule has 1 aromatic heterocycles. The third-order valence-corrected chi connectivity index (χ3v) is 2.18. The first-order valence-corrected chi connectivity index (χ1v) is 5.24. The van der Waals surface area contributed by atoms with Crippen molar-refractivity contribution in [2.24, 2.45) is 0 Å². The van der Waals surface area contributed by atoms with Crippen molar-refractivity contribution in [3.63, 3.8) is 0 Å². The van der Waals surface area contributed by atoms with Crippen molar-refractivity contribution in [1.82, 2.24) is 10.3 Å². The van der Waals surface area contributed by atoms with Crippen molar-refractivity contribution in [2.75, 3.05) is 0 Å². The zero-order valence-electron chi connectivity index (χ0n) is 9.38. The molecule has 0 saturated carbocycles. The number of amides is 1. The van der Waals surface area contributed by atoms with E-state index >= 15 is 0 Å². The highest BCUT2D eigenvalue weighted by Crippen LogP contribution is 2.12. The number of carboxylic acids is 1. The number of nitrogens with zero attached hydrogens (tertiary/aromatic N) is 1. The SMILES string of the molecule is CCC[C@@H](NC(=O)c1ncccc1O)C(=O)O. The monoisotopic (exact) mass is 238 g/mol. The van der Waals surface area contributed by atoms with Gasteiger partial charge in [-0.15, -0.1) is 0 Å². The molecule has 0 aliphatic rings. The van der Waals surface area contributed by atoms with Gasteiger partial charge in [0.15, 0.2) is 5.69 Å². The Balaban J connectivity index is 2.77. The molecule has 0 radical (unpaired) electrons. The van der Waals surface area contributed by atoms with Gasteiger partial charge in [0.1, 0.15) is 11.8 Å². The van der Waals surface area contributed by atoms with Crippen molar-refractivity contribution in [3.05, 3.63) is 24.0 Å². The number of carboxylic acid groups (broad SMARTS) is 1. The van der Waals surface area contributed by atoms with E-state index in [2.05, 4.69) is 10.3 Å². The maximum absolute atomic E-state index is 11.7. The molecule has 0 aromatic carbocycles. The summed E-state index contributed by atoms with van der Waals surface area (Å²) in [4.78, 5) is 26.2. The van der Waals surface area contributed by atoms with Crippen LogP contribution in [0.2, 0.25) is 0 Å². The lowest BCUT2D eigenvalue weighted by molar-refractivity contribution is -0.139. The maximum Gasteiger partial charge on any atom is 0.326 e. The van der Waals surface area contributed by atoms with Crippen LogP contribution in [0, 0.1) is 0 Å². The van der Waals surface area contributed by atoms with E-state index in [0.29, 0.717) is 12.8 Å². The Morgan fingerprint density at radius 2 is 2.24 bits per heavy atom. The van der Waals surface area contributed by atoms with Gasteiger partial charge in [-0.05, 0) is 18.6 Å². The number of pyridine rings is 1. The van der Waals surface area contributed by atoms with E-state index in [1.165, 1.54) is 18.3 Å². The summed E-state index contributed by atoms with van der Waals surface area (Å²) < 4.78 is 0. The average molecular weight is 238 g/mol. The molecule has 6 heteroatoms. The van der Waals surface area contributed by atoms with E-state index in [1.54, 1.807) is 0 Å². The molecule has 0 aliphatic carbocycles. The van der Waals surface area contributed by atoms with Crippen molar-refractivity contribution < 1.29 is 19.8 Å². The highest BCUT2D eigenvalue weighted by Gasteiger charge is 2.21. The molecule has 0 spiro atoms. The first-order valence-electron chi connectivity index (χ1n) is 5.24. The number of carbonyl (C=O) groups is 2. The highest BCUT2D eigenvalue weighted by atomic mass is 16.4. The molecular weight excluding hydrogens is 224 g/mol. The van der Waals surface area contributed by atoms with Gasteiger partial charge < -0.3 is 15.5 Å². The molecule has 1 amide bonds. The second-order valence-corrected chi connectivity index (χ2v) is 3.52. The Bertz CT molecular complexity index is 420. The predicted molar refractivity (Wildman–Crippen MR) is 59.7 cm³/mol. The molecule has 0 bridgehead atoms. The molecule has 6 nitrogen and oxygen atoms in total. The van der Waals surface area contributed by atoms with Gasteiger partial charge in [-0.2, -0.15) is 0 Å². The van der Waals surface area contributed by atoms with Crippen molar-refractivity contribution in [1.29, 1.82) is 0 Å². The summed E-state index contributed by atoms with van der Waals surface area (Å²) in [5.74, 6) is -2.06. The minimum Gasteiger partial charge on any atom is -0.505 e. The number of nitrogens with one attached hydrogen (secondary N) is 1. The van der Waals surface area contributed by atoms with E-state index in [4.69, 9.17) is 5.11 Å². The van der Waals surface area contributed by atoms with E-state index in [1.807, 2.05) is 6.92 Å². The third-order valence-electron chi connectivity index (χ3n) is 2.18. The summed E-state index contributed by atoms with van der Waals surface area (Å²) >= 11 is 0. The second kappa shape index (κ2) is 5.83. The fourth-order valence-electron chi connectivity index (χ4n) is 1.34. The van der Waals surface area contributed by atoms with Crippen LogP contribution in [0.1, 0.15) is 30.3 Å². The molecule has 3 N–H and O–H groups in total. The Hall–Kier alpha value is -2.11. The van der Waals surface area contributed by atoms with Gasteiger partial charge >= 0.3 is 5.97 Å². The molecule has 92 valence electrons. The lowest BCUT2D eigenvalue weighted by Gasteiger charge is -2.13. The van der Waals surface area contributed by atoms with Gasteiger partial charge in [0.2, 0.25) is 0 Å². The number of carbonyl (C=O) groups excluding carboxylic acids is 1. The summed E-state index contributed by atoms with van der Waals surface area (Å²) in [5, 5.41) is 20.6. The number of hydrogen-bond donors (Lipinski definition) is 3. The Kier molecular flexibility index (Phi) is 4.45. The third kappa shape index (κ3) is 3.44. The molecule has 0 fully saturated rings. The van der Waals surface area contributed by atoms with E-state index in [0.717, 1.165) is 0 Å².